The van der Waals surface area contributed by atoms with Gasteiger partial charge in [-0.05, 0) is 42.2 Å². The minimum atomic E-state index is -0.0317. The van der Waals surface area contributed by atoms with Crippen molar-refractivity contribution in [1.29, 1.82) is 0 Å². The van der Waals surface area contributed by atoms with Gasteiger partial charge in [0.2, 0.25) is 0 Å². The number of fused-ring (bicyclic) bond motifs is 5. The molecule has 28 heavy (non-hydrogen) atoms. The summed E-state index contributed by atoms with van der Waals surface area (Å²) in [5.74, 6) is -0.0317. The number of nitrogens with one attached hydrogen (secondary N) is 2. The maximum absolute atomic E-state index is 12.8. The van der Waals surface area contributed by atoms with Crippen molar-refractivity contribution in [2.75, 3.05) is 6.54 Å². The first-order chi connectivity index (χ1) is 13.7. The quantitative estimate of drug-likeness (QED) is 0.714. The second-order valence-corrected chi connectivity index (χ2v) is 7.75. The van der Waals surface area contributed by atoms with Crippen LogP contribution in [-0.4, -0.2) is 33.3 Å². The lowest BCUT2D eigenvalue weighted by Crippen LogP contribution is -2.49. The van der Waals surface area contributed by atoms with Gasteiger partial charge < -0.3 is 10.6 Å². The van der Waals surface area contributed by atoms with Crippen LogP contribution in [0.3, 0.4) is 0 Å². The van der Waals surface area contributed by atoms with E-state index in [0.717, 1.165) is 46.8 Å². The Morgan fingerprint density at radius 3 is 2.93 bits per heavy atom. The molecule has 2 N–H and O–H groups in total. The molecule has 5 rings (SSSR count). The number of hydrogen-bond acceptors (Lipinski definition) is 4. The molecule has 1 aliphatic carbocycles. The summed E-state index contributed by atoms with van der Waals surface area (Å²) in [7, 11) is 0. The number of pyridine rings is 1. The van der Waals surface area contributed by atoms with Crippen LogP contribution >= 0.6 is 11.6 Å². The predicted molar refractivity (Wildman–Crippen MR) is 107 cm³/mol. The Morgan fingerprint density at radius 2 is 2.07 bits per heavy atom. The Kier molecular flexibility index (Phi) is 4.37. The van der Waals surface area contributed by atoms with Gasteiger partial charge in [0.25, 0.3) is 5.91 Å². The first-order valence-corrected chi connectivity index (χ1v) is 9.86. The SMILES string of the molecule is O=C1NC(CNCc2ccc(Cl)cc2)Cn2nc3c(c21)CCc1cnccc1-3. The van der Waals surface area contributed by atoms with E-state index < -0.39 is 0 Å². The molecule has 0 bridgehead atoms. The van der Waals surface area contributed by atoms with Crippen LogP contribution in [0.15, 0.2) is 42.7 Å². The van der Waals surface area contributed by atoms with E-state index >= 15 is 0 Å². The first-order valence-electron chi connectivity index (χ1n) is 9.48. The zero-order valence-corrected chi connectivity index (χ0v) is 16.0. The summed E-state index contributed by atoms with van der Waals surface area (Å²) in [6.45, 7) is 2.08. The van der Waals surface area contributed by atoms with Gasteiger partial charge in [-0.2, -0.15) is 5.10 Å². The second-order valence-electron chi connectivity index (χ2n) is 7.32. The van der Waals surface area contributed by atoms with Crippen LogP contribution in [0.25, 0.3) is 11.3 Å². The zero-order chi connectivity index (χ0) is 19.1. The van der Waals surface area contributed by atoms with Crippen LogP contribution in [0.1, 0.15) is 27.2 Å². The Hall–Kier alpha value is -2.70. The third-order valence-corrected chi connectivity index (χ3v) is 5.68. The summed E-state index contributed by atoms with van der Waals surface area (Å²) >= 11 is 5.92. The fourth-order valence-corrected chi connectivity index (χ4v) is 4.20. The summed E-state index contributed by atoms with van der Waals surface area (Å²) in [4.78, 5) is 17.0. The van der Waals surface area contributed by atoms with Gasteiger partial charge in [-0.15, -0.1) is 0 Å². The molecular formula is C21H20ClN5O. The van der Waals surface area contributed by atoms with E-state index in [1.54, 1.807) is 6.20 Å². The largest absolute Gasteiger partial charge is 0.345 e. The fourth-order valence-electron chi connectivity index (χ4n) is 4.07. The van der Waals surface area contributed by atoms with Crippen molar-refractivity contribution in [2.45, 2.75) is 32.0 Å². The predicted octanol–water partition coefficient (Wildman–Crippen LogP) is 2.60. The molecule has 1 amide bonds. The van der Waals surface area contributed by atoms with E-state index in [9.17, 15) is 4.79 Å². The number of hydrogen-bond donors (Lipinski definition) is 2. The minimum Gasteiger partial charge on any atom is -0.345 e. The highest BCUT2D eigenvalue weighted by Crippen LogP contribution is 2.34. The van der Waals surface area contributed by atoms with Gasteiger partial charge in [-0.1, -0.05) is 23.7 Å². The Bertz CT molecular complexity index is 1040. The molecule has 6 nitrogen and oxygen atoms in total. The smallest absolute Gasteiger partial charge is 0.270 e. The van der Waals surface area contributed by atoms with E-state index in [1.807, 2.05) is 41.2 Å². The summed E-state index contributed by atoms with van der Waals surface area (Å²) in [6.07, 6.45) is 5.42. The second kappa shape index (κ2) is 7.04. The molecule has 1 unspecified atom stereocenters. The number of halogens is 1. The number of aryl methyl sites for hydroxylation is 1. The standard InChI is InChI=1S/C21H20ClN5O/c22-15-4-1-13(2-5-15)9-24-11-16-12-27-20(21(28)25-16)18-6-3-14-10-23-8-7-17(14)19(18)26-27/h1-2,4-5,7-8,10,16,24H,3,6,9,11-12H2,(H,25,28). The number of aromatic nitrogens is 3. The van der Waals surface area contributed by atoms with Crippen LogP contribution in [0.2, 0.25) is 5.02 Å². The van der Waals surface area contributed by atoms with E-state index in [1.165, 1.54) is 5.56 Å². The zero-order valence-electron chi connectivity index (χ0n) is 15.3. The van der Waals surface area contributed by atoms with Gasteiger partial charge in [0.15, 0.2) is 0 Å². The maximum Gasteiger partial charge on any atom is 0.270 e. The molecule has 1 aliphatic heterocycles. The number of carbonyl (C=O) groups excluding carboxylic acids is 1. The lowest BCUT2D eigenvalue weighted by molar-refractivity contribution is 0.0894. The number of amides is 1. The molecule has 7 heteroatoms. The van der Waals surface area contributed by atoms with Crippen LogP contribution in [0, 0.1) is 0 Å². The summed E-state index contributed by atoms with van der Waals surface area (Å²) < 4.78 is 1.88. The molecule has 0 radical (unpaired) electrons. The van der Waals surface area contributed by atoms with Gasteiger partial charge in [0.1, 0.15) is 5.69 Å². The molecular weight excluding hydrogens is 374 g/mol. The molecule has 1 aromatic carbocycles. The first kappa shape index (κ1) is 17.4. The molecule has 3 heterocycles. The summed E-state index contributed by atoms with van der Waals surface area (Å²) in [5, 5.41) is 12.1. The number of benzene rings is 1. The maximum atomic E-state index is 12.8. The van der Waals surface area contributed by atoms with E-state index in [2.05, 4.69) is 15.6 Å². The van der Waals surface area contributed by atoms with Crippen LogP contribution in [0.5, 0.6) is 0 Å². The van der Waals surface area contributed by atoms with Crippen molar-refractivity contribution in [3.8, 4) is 11.3 Å². The lowest BCUT2D eigenvalue weighted by Gasteiger charge is -2.25. The Labute approximate surface area is 167 Å². The highest BCUT2D eigenvalue weighted by Gasteiger charge is 2.32. The van der Waals surface area contributed by atoms with E-state index in [0.29, 0.717) is 18.8 Å². The average Bonchev–Trinajstić information content (AvgIpc) is 3.09. The van der Waals surface area contributed by atoms with Crippen molar-refractivity contribution >= 4 is 17.5 Å². The molecule has 2 aliphatic rings. The number of rotatable bonds is 4. The van der Waals surface area contributed by atoms with E-state index in [4.69, 9.17) is 16.7 Å². The number of carbonyl (C=O) groups is 1. The molecule has 0 saturated carbocycles. The van der Waals surface area contributed by atoms with Gasteiger partial charge in [0.05, 0.1) is 18.3 Å². The minimum absolute atomic E-state index is 0.00515. The third kappa shape index (κ3) is 3.08. The summed E-state index contributed by atoms with van der Waals surface area (Å²) in [6, 6.07) is 9.77. The molecule has 0 spiro atoms. The van der Waals surface area contributed by atoms with Gasteiger partial charge in [-0.3, -0.25) is 14.5 Å². The van der Waals surface area contributed by atoms with Crippen LogP contribution < -0.4 is 10.6 Å². The molecule has 142 valence electrons. The Morgan fingerprint density at radius 1 is 1.21 bits per heavy atom. The highest BCUT2D eigenvalue weighted by atomic mass is 35.5. The van der Waals surface area contributed by atoms with Crippen molar-refractivity contribution < 1.29 is 4.79 Å². The molecule has 0 saturated heterocycles. The van der Waals surface area contributed by atoms with Gasteiger partial charge in [-0.25, -0.2) is 0 Å². The topological polar surface area (TPSA) is 71.8 Å². The van der Waals surface area contributed by atoms with Crippen molar-refractivity contribution in [3.05, 3.63) is 70.1 Å². The molecule has 2 aromatic heterocycles. The van der Waals surface area contributed by atoms with Gasteiger partial charge in [0, 0.05) is 41.6 Å². The van der Waals surface area contributed by atoms with E-state index in [-0.39, 0.29) is 11.9 Å². The lowest BCUT2D eigenvalue weighted by atomic mass is 9.90. The Balaban J connectivity index is 1.32. The normalized spacial score (nSPS) is 17.5. The third-order valence-electron chi connectivity index (χ3n) is 5.43. The molecule has 1 atom stereocenters. The van der Waals surface area contributed by atoms with Crippen LogP contribution in [0.4, 0.5) is 0 Å². The average molecular weight is 394 g/mol. The van der Waals surface area contributed by atoms with Crippen LogP contribution in [-0.2, 0) is 25.9 Å². The molecule has 0 fully saturated rings. The fraction of sp³-hybridized carbons (Fsp3) is 0.286. The van der Waals surface area contributed by atoms with Gasteiger partial charge >= 0.3 is 0 Å². The van der Waals surface area contributed by atoms with Crippen molar-refractivity contribution in [1.82, 2.24) is 25.4 Å². The van der Waals surface area contributed by atoms with Crippen molar-refractivity contribution in [2.24, 2.45) is 0 Å². The summed E-state index contributed by atoms with van der Waals surface area (Å²) in [5.41, 5.74) is 6.17. The van der Waals surface area contributed by atoms with Crippen molar-refractivity contribution in [3.63, 3.8) is 0 Å². The number of nitrogens with zero attached hydrogens (tertiary/aromatic N) is 3. The monoisotopic (exact) mass is 393 g/mol. The highest BCUT2D eigenvalue weighted by molar-refractivity contribution is 6.30. The molecule has 3 aromatic rings.